The Morgan fingerprint density at radius 3 is 3.06 bits per heavy atom. The van der Waals surface area contributed by atoms with Gasteiger partial charge in [-0.15, -0.1) is 24.0 Å². The molecule has 1 N–H and O–H groups in total. The van der Waals surface area contributed by atoms with Crippen LogP contribution in [-0.4, -0.2) is 10.9 Å². The predicted octanol–water partition coefficient (Wildman–Crippen LogP) is 2.36. The SMILES string of the molecule is O=C(NCc1cccnc1)c1cc(S)cs1. The van der Waals surface area contributed by atoms with E-state index in [0.717, 1.165) is 10.5 Å². The summed E-state index contributed by atoms with van der Waals surface area (Å²) in [6, 6.07) is 5.52. The van der Waals surface area contributed by atoms with E-state index in [9.17, 15) is 4.79 Å². The van der Waals surface area contributed by atoms with Gasteiger partial charge in [0, 0.05) is 29.2 Å². The van der Waals surface area contributed by atoms with E-state index >= 15 is 0 Å². The van der Waals surface area contributed by atoms with E-state index < -0.39 is 0 Å². The zero-order valence-electron chi connectivity index (χ0n) is 8.38. The van der Waals surface area contributed by atoms with E-state index in [1.54, 1.807) is 18.5 Å². The van der Waals surface area contributed by atoms with Gasteiger partial charge in [0.2, 0.25) is 0 Å². The zero-order valence-corrected chi connectivity index (χ0v) is 10.1. The van der Waals surface area contributed by atoms with Crippen LogP contribution in [0, 0.1) is 0 Å². The van der Waals surface area contributed by atoms with Crippen molar-refractivity contribution in [2.45, 2.75) is 11.4 Å². The second-order valence-corrected chi connectivity index (χ2v) is 4.64. The molecule has 82 valence electrons. The molecular weight excluding hydrogens is 240 g/mol. The number of nitrogens with one attached hydrogen (secondary N) is 1. The molecule has 0 aliphatic carbocycles. The maximum atomic E-state index is 11.7. The van der Waals surface area contributed by atoms with Crippen LogP contribution >= 0.6 is 24.0 Å². The smallest absolute Gasteiger partial charge is 0.261 e. The van der Waals surface area contributed by atoms with Gasteiger partial charge in [0.25, 0.3) is 5.91 Å². The molecule has 2 aromatic rings. The van der Waals surface area contributed by atoms with Crippen molar-refractivity contribution in [3.05, 3.63) is 46.4 Å². The summed E-state index contributed by atoms with van der Waals surface area (Å²) in [4.78, 5) is 17.1. The standard InChI is InChI=1S/C11H10N2OS2/c14-11(10-4-9(15)7-16-10)13-6-8-2-1-3-12-5-8/h1-5,7,15H,6H2,(H,13,14). The summed E-state index contributed by atoms with van der Waals surface area (Å²) in [5.41, 5.74) is 0.985. The Morgan fingerprint density at radius 2 is 2.44 bits per heavy atom. The van der Waals surface area contributed by atoms with Crippen molar-refractivity contribution in [2.24, 2.45) is 0 Å². The van der Waals surface area contributed by atoms with Gasteiger partial charge in [0.1, 0.15) is 0 Å². The molecule has 2 rings (SSSR count). The van der Waals surface area contributed by atoms with E-state index in [0.29, 0.717) is 11.4 Å². The number of rotatable bonds is 3. The van der Waals surface area contributed by atoms with Crippen LogP contribution in [0.3, 0.4) is 0 Å². The molecule has 0 spiro atoms. The van der Waals surface area contributed by atoms with Crippen molar-refractivity contribution in [1.29, 1.82) is 0 Å². The maximum absolute atomic E-state index is 11.7. The number of nitrogens with zero attached hydrogens (tertiary/aromatic N) is 1. The first-order valence-corrected chi connectivity index (χ1v) is 6.03. The summed E-state index contributed by atoms with van der Waals surface area (Å²) >= 11 is 5.55. The Balaban J connectivity index is 1.94. The van der Waals surface area contributed by atoms with Gasteiger partial charge in [-0.25, -0.2) is 0 Å². The molecule has 0 aliphatic heterocycles. The maximum Gasteiger partial charge on any atom is 0.261 e. The van der Waals surface area contributed by atoms with Gasteiger partial charge in [-0.1, -0.05) is 6.07 Å². The second-order valence-electron chi connectivity index (χ2n) is 3.21. The topological polar surface area (TPSA) is 42.0 Å². The Bertz CT molecular complexity index is 482. The van der Waals surface area contributed by atoms with Gasteiger partial charge in [-0.2, -0.15) is 0 Å². The molecule has 0 fully saturated rings. The van der Waals surface area contributed by atoms with Crippen molar-refractivity contribution in [1.82, 2.24) is 10.3 Å². The van der Waals surface area contributed by atoms with Crippen molar-refractivity contribution < 1.29 is 4.79 Å². The number of carbonyl (C=O) groups is 1. The van der Waals surface area contributed by atoms with Crippen molar-refractivity contribution in [2.75, 3.05) is 0 Å². The van der Waals surface area contributed by atoms with E-state index in [1.165, 1.54) is 11.3 Å². The molecule has 2 heterocycles. The third kappa shape index (κ3) is 2.84. The van der Waals surface area contributed by atoms with E-state index in [4.69, 9.17) is 0 Å². The number of hydrogen-bond donors (Lipinski definition) is 2. The summed E-state index contributed by atoms with van der Waals surface area (Å²) in [6.07, 6.45) is 3.44. The minimum Gasteiger partial charge on any atom is -0.347 e. The molecule has 0 saturated heterocycles. The number of carbonyl (C=O) groups excluding carboxylic acids is 1. The monoisotopic (exact) mass is 250 g/mol. The van der Waals surface area contributed by atoms with Crippen LogP contribution in [0.4, 0.5) is 0 Å². The molecule has 16 heavy (non-hydrogen) atoms. The molecule has 0 bridgehead atoms. The fourth-order valence-corrected chi connectivity index (χ4v) is 2.28. The first-order valence-electron chi connectivity index (χ1n) is 4.70. The van der Waals surface area contributed by atoms with E-state index in [2.05, 4.69) is 22.9 Å². The minimum atomic E-state index is -0.0749. The molecule has 0 radical (unpaired) electrons. The zero-order chi connectivity index (χ0) is 11.4. The van der Waals surface area contributed by atoms with Crippen LogP contribution in [0.25, 0.3) is 0 Å². The van der Waals surface area contributed by atoms with Gasteiger partial charge < -0.3 is 5.32 Å². The van der Waals surface area contributed by atoms with E-state index in [-0.39, 0.29) is 5.91 Å². The van der Waals surface area contributed by atoms with Crippen molar-refractivity contribution in [3.63, 3.8) is 0 Å². The summed E-state index contributed by atoms with van der Waals surface area (Å²) in [5.74, 6) is -0.0749. The lowest BCUT2D eigenvalue weighted by atomic mass is 10.3. The van der Waals surface area contributed by atoms with Gasteiger partial charge >= 0.3 is 0 Å². The third-order valence-corrected chi connectivity index (χ3v) is 3.35. The first kappa shape index (κ1) is 11.2. The van der Waals surface area contributed by atoms with Gasteiger partial charge in [-0.3, -0.25) is 9.78 Å². The lowest BCUT2D eigenvalue weighted by Crippen LogP contribution is -2.21. The Hall–Kier alpha value is -1.33. The number of thiophene rings is 1. The predicted molar refractivity (Wildman–Crippen MR) is 67.0 cm³/mol. The normalized spacial score (nSPS) is 10.1. The molecule has 5 heteroatoms. The lowest BCUT2D eigenvalue weighted by molar-refractivity contribution is 0.0955. The molecule has 3 nitrogen and oxygen atoms in total. The molecule has 1 amide bonds. The molecule has 2 aromatic heterocycles. The van der Waals surface area contributed by atoms with Gasteiger partial charge in [0.15, 0.2) is 0 Å². The third-order valence-electron chi connectivity index (χ3n) is 1.99. The first-order chi connectivity index (χ1) is 7.75. The molecule has 0 aromatic carbocycles. The van der Waals surface area contributed by atoms with Gasteiger partial charge in [0.05, 0.1) is 4.88 Å². The molecule has 0 atom stereocenters. The summed E-state index contributed by atoms with van der Waals surface area (Å²) in [6.45, 7) is 0.493. The summed E-state index contributed by atoms with van der Waals surface area (Å²) in [7, 11) is 0. The highest BCUT2D eigenvalue weighted by Gasteiger charge is 2.07. The Morgan fingerprint density at radius 1 is 1.56 bits per heavy atom. The Kier molecular flexibility index (Phi) is 3.58. The number of aromatic nitrogens is 1. The highest BCUT2D eigenvalue weighted by atomic mass is 32.1. The number of hydrogen-bond acceptors (Lipinski definition) is 4. The average Bonchev–Trinajstić information content (AvgIpc) is 2.74. The molecule has 0 unspecified atom stereocenters. The largest absolute Gasteiger partial charge is 0.347 e. The quantitative estimate of drug-likeness (QED) is 0.821. The highest BCUT2D eigenvalue weighted by Crippen LogP contribution is 2.17. The van der Waals surface area contributed by atoms with Crippen molar-refractivity contribution in [3.8, 4) is 0 Å². The average molecular weight is 250 g/mol. The number of thiol groups is 1. The van der Waals surface area contributed by atoms with E-state index in [1.807, 2.05) is 17.5 Å². The summed E-state index contributed by atoms with van der Waals surface area (Å²) in [5, 5.41) is 4.66. The van der Waals surface area contributed by atoms with Crippen LogP contribution in [0.15, 0.2) is 40.9 Å². The fourth-order valence-electron chi connectivity index (χ4n) is 1.22. The fraction of sp³-hybridized carbons (Fsp3) is 0.0909. The van der Waals surface area contributed by atoms with Gasteiger partial charge in [-0.05, 0) is 17.7 Å². The van der Waals surface area contributed by atoms with Crippen LogP contribution in [0.1, 0.15) is 15.2 Å². The number of amides is 1. The van der Waals surface area contributed by atoms with Crippen LogP contribution < -0.4 is 5.32 Å². The highest BCUT2D eigenvalue weighted by molar-refractivity contribution is 7.80. The molecule has 0 saturated carbocycles. The molecular formula is C11H10N2OS2. The van der Waals surface area contributed by atoms with Crippen LogP contribution in [-0.2, 0) is 6.54 Å². The summed E-state index contributed by atoms with van der Waals surface area (Å²) < 4.78 is 0. The van der Waals surface area contributed by atoms with Crippen molar-refractivity contribution >= 4 is 29.9 Å². The number of pyridine rings is 1. The Labute approximate surface area is 103 Å². The second kappa shape index (κ2) is 5.14. The van der Waals surface area contributed by atoms with Crippen LogP contribution in [0.5, 0.6) is 0 Å². The molecule has 0 aliphatic rings. The minimum absolute atomic E-state index is 0.0749. The lowest BCUT2D eigenvalue weighted by Gasteiger charge is -2.02. The van der Waals surface area contributed by atoms with Crippen LogP contribution in [0.2, 0.25) is 0 Å².